The molecule has 1 aliphatic rings. The highest BCUT2D eigenvalue weighted by Gasteiger charge is 2.32. The van der Waals surface area contributed by atoms with Crippen LogP contribution < -0.4 is 0 Å². The Bertz CT molecular complexity index is 1060. The average Bonchev–Trinajstić information content (AvgIpc) is 2.73. The Morgan fingerprint density at radius 1 is 1.06 bits per heavy atom. The van der Waals surface area contributed by atoms with Gasteiger partial charge in [0.25, 0.3) is 5.91 Å². The Hall–Kier alpha value is -2.32. The van der Waals surface area contributed by atoms with E-state index < -0.39 is 33.6 Å². The van der Waals surface area contributed by atoms with Gasteiger partial charge in [-0.2, -0.15) is 4.31 Å². The molecule has 8 heteroatoms. The topological polar surface area (TPSA) is 57.7 Å². The summed E-state index contributed by atoms with van der Waals surface area (Å²) in [5.41, 5.74) is 0.658. The molecule has 5 nitrogen and oxygen atoms in total. The molecule has 31 heavy (non-hydrogen) atoms. The molecule has 1 amide bonds. The van der Waals surface area contributed by atoms with E-state index in [0.717, 1.165) is 18.6 Å². The average molecular weight is 451 g/mol. The van der Waals surface area contributed by atoms with Crippen molar-refractivity contribution in [2.75, 3.05) is 20.1 Å². The van der Waals surface area contributed by atoms with Crippen LogP contribution in [-0.2, 0) is 10.0 Å². The fourth-order valence-electron chi connectivity index (χ4n) is 4.12. The minimum Gasteiger partial charge on any atom is -0.335 e. The van der Waals surface area contributed by atoms with E-state index in [1.165, 1.54) is 27.4 Å². The molecular weight excluding hydrogens is 422 g/mol. The monoisotopic (exact) mass is 450 g/mol. The van der Waals surface area contributed by atoms with Gasteiger partial charge in [0, 0.05) is 25.7 Å². The maximum Gasteiger partial charge on any atom is 0.254 e. The van der Waals surface area contributed by atoms with Crippen LogP contribution in [0.25, 0.3) is 0 Å². The summed E-state index contributed by atoms with van der Waals surface area (Å²) in [7, 11) is -2.18. The Labute approximate surface area is 182 Å². The molecule has 0 aliphatic carbocycles. The second-order valence-corrected chi connectivity index (χ2v) is 10.5. The van der Waals surface area contributed by atoms with E-state index in [2.05, 4.69) is 0 Å². The summed E-state index contributed by atoms with van der Waals surface area (Å²) in [6, 6.07) is 8.95. The van der Waals surface area contributed by atoms with E-state index in [1.807, 2.05) is 13.8 Å². The zero-order valence-electron chi connectivity index (χ0n) is 18.2. The molecule has 0 saturated carbocycles. The van der Waals surface area contributed by atoms with E-state index in [-0.39, 0.29) is 22.3 Å². The van der Waals surface area contributed by atoms with Gasteiger partial charge < -0.3 is 4.90 Å². The summed E-state index contributed by atoms with van der Waals surface area (Å²) < 4.78 is 54.7. The van der Waals surface area contributed by atoms with Crippen molar-refractivity contribution >= 4 is 15.9 Å². The van der Waals surface area contributed by atoms with Crippen LogP contribution in [0.5, 0.6) is 0 Å². The van der Waals surface area contributed by atoms with Gasteiger partial charge in [-0.05, 0) is 61.1 Å². The van der Waals surface area contributed by atoms with Crippen LogP contribution in [-0.4, -0.2) is 43.7 Å². The molecule has 168 valence electrons. The molecule has 0 N–H and O–H groups in total. The molecule has 2 aromatic rings. The van der Waals surface area contributed by atoms with E-state index >= 15 is 0 Å². The Balaban J connectivity index is 1.84. The first-order valence-electron chi connectivity index (χ1n) is 10.3. The number of hydrogen-bond donors (Lipinski definition) is 0. The second-order valence-electron chi connectivity index (χ2n) is 8.56. The molecular formula is C23H28F2N2O3S. The standard InChI is InChI=1S/C23H28F2N2O3S/c1-15-10-16(2)14-27(13-15)31(29,30)20-7-5-6-19(11-20)23(28)26(4)17(3)18-8-9-21(24)22(25)12-18/h5-9,11-12,15-17H,10,13-14H2,1-4H3. The third-order valence-electron chi connectivity index (χ3n) is 5.88. The Morgan fingerprint density at radius 3 is 2.32 bits per heavy atom. The Morgan fingerprint density at radius 2 is 1.71 bits per heavy atom. The largest absolute Gasteiger partial charge is 0.335 e. The summed E-state index contributed by atoms with van der Waals surface area (Å²) >= 11 is 0. The number of benzene rings is 2. The number of rotatable bonds is 5. The maximum atomic E-state index is 13.6. The van der Waals surface area contributed by atoms with Gasteiger partial charge in [-0.3, -0.25) is 4.79 Å². The van der Waals surface area contributed by atoms with Crippen LogP contribution >= 0.6 is 0 Å². The van der Waals surface area contributed by atoms with Crippen molar-refractivity contribution in [3.63, 3.8) is 0 Å². The fourth-order valence-corrected chi connectivity index (χ4v) is 5.84. The summed E-state index contributed by atoms with van der Waals surface area (Å²) in [5.74, 6) is -1.81. The molecule has 0 radical (unpaired) electrons. The first kappa shape index (κ1) is 23.3. The van der Waals surface area contributed by atoms with Gasteiger partial charge in [0.15, 0.2) is 11.6 Å². The lowest BCUT2D eigenvalue weighted by molar-refractivity contribution is 0.0742. The molecule has 3 rings (SSSR count). The fraction of sp³-hybridized carbons (Fsp3) is 0.435. The smallest absolute Gasteiger partial charge is 0.254 e. The molecule has 3 unspecified atom stereocenters. The van der Waals surface area contributed by atoms with Gasteiger partial charge >= 0.3 is 0 Å². The third-order valence-corrected chi connectivity index (χ3v) is 7.71. The SMILES string of the molecule is CC1CC(C)CN(S(=O)(=O)c2cccc(C(=O)N(C)C(C)c3ccc(F)c(F)c3)c2)C1. The van der Waals surface area contributed by atoms with Crippen molar-refractivity contribution in [3.05, 3.63) is 65.2 Å². The minimum atomic E-state index is -3.72. The summed E-state index contributed by atoms with van der Waals surface area (Å²) in [5, 5.41) is 0. The highest BCUT2D eigenvalue weighted by Crippen LogP contribution is 2.28. The lowest BCUT2D eigenvalue weighted by atomic mass is 9.94. The predicted octanol–water partition coefficient (Wildman–Crippen LogP) is 4.46. The molecule has 3 atom stereocenters. The molecule has 0 spiro atoms. The number of carbonyl (C=O) groups excluding carboxylic acids is 1. The van der Waals surface area contributed by atoms with Crippen molar-refractivity contribution in [2.45, 2.75) is 38.1 Å². The molecule has 0 aromatic heterocycles. The molecule has 2 aromatic carbocycles. The lowest BCUT2D eigenvalue weighted by Crippen LogP contribution is -2.42. The van der Waals surface area contributed by atoms with E-state index in [4.69, 9.17) is 0 Å². The first-order chi connectivity index (χ1) is 14.5. The van der Waals surface area contributed by atoms with Crippen LogP contribution in [0.4, 0.5) is 8.78 Å². The molecule has 1 heterocycles. The van der Waals surface area contributed by atoms with Crippen molar-refractivity contribution < 1.29 is 22.0 Å². The Kier molecular flexibility index (Phi) is 6.81. The first-order valence-corrected chi connectivity index (χ1v) is 11.8. The van der Waals surface area contributed by atoms with Gasteiger partial charge in [-0.15, -0.1) is 0 Å². The number of piperidine rings is 1. The number of sulfonamides is 1. The van der Waals surface area contributed by atoms with Crippen LogP contribution in [0.1, 0.15) is 49.2 Å². The number of carbonyl (C=O) groups is 1. The van der Waals surface area contributed by atoms with E-state index in [1.54, 1.807) is 26.1 Å². The second kappa shape index (κ2) is 9.04. The van der Waals surface area contributed by atoms with Crippen LogP contribution in [0.15, 0.2) is 47.4 Å². The summed E-state index contributed by atoms with van der Waals surface area (Å²) in [6.45, 7) is 6.68. The van der Waals surface area contributed by atoms with E-state index in [0.29, 0.717) is 18.7 Å². The van der Waals surface area contributed by atoms with Crippen molar-refractivity contribution in [1.29, 1.82) is 0 Å². The third kappa shape index (κ3) is 4.96. The van der Waals surface area contributed by atoms with E-state index in [9.17, 15) is 22.0 Å². The van der Waals surface area contributed by atoms with Crippen LogP contribution in [0, 0.1) is 23.5 Å². The highest BCUT2D eigenvalue weighted by molar-refractivity contribution is 7.89. The van der Waals surface area contributed by atoms with Gasteiger partial charge in [0.05, 0.1) is 10.9 Å². The summed E-state index contributed by atoms with van der Waals surface area (Å²) in [4.78, 5) is 14.5. The van der Waals surface area contributed by atoms with Crippen LogP contribution in [0.2, 0.25) is 0 Å². The van der Waals surface area contributed by atoms with Gasteiger partial charge in [-0.25, -0.2) is 17.2 Å². The molecule has 1 fully saturated rings. The van der Waals surface area contributed by atoms with Crippen molar-refractivity contribution in [2.24, 2.45) is 11.8 Å². The quantitative estimate of drug-likeness (QED) is 0.676. The number of halogens is 2. The van der Waals surface area contributed by atoms with Crippen LogP contribution in [0.3, 0.4) is 0 Å². The number of nitrogens with zero attached hydrogens (tertiary/aromatic N) is 2. The predicted molar refractivity (Wildman–Crippen MR) is 115 cm³/mol. The number of hydrogen-bond acceptors (Lipinski definition) is 3. The minimum absolute atomic E-state index is 0.0773. The van der Waals surface area contributed by atoms with Crippen molar-refractivity contribution in [1.82, 2.24) is 9.21 Å². The zero-order valence-corrected chi connectivity index (χ0v) is 19.0. The molecule has 0 bridgehead atoms. The van der Waals surface area contributed by atoms with Gasteiger partial charge in [0.1, 0.15) is 0 Å². The lowest BCUT2D eigenvalue weighted by Gasteiger charge is -2.34. The van der Waals surface area contributed by atoms with Crippen molar-refractivity contribution in [3.8, 4) is 0 Å². The normalized spacial score (nSPS) is 21.0. The molecule has 1 saturated heterocycles. The highest BCUT2D eigenvalue weighted by atomic mass is 32.2. The maximum absolute atomic E-state index is 13.6. The van der Waals surface area contributed by atoms with Gasteiger partial charge in [-0.1, -0.05) is 26.0 Å². The molecule has 1 aliphatic heterocycles. The number of amides is 1. The van der Waals surface area contributed by atoms with Gasteiger partial charge in [0.2, 0.25) is 10.0 Å². The summed E-state index contributed by atoms with van der Waals surface area (Å²) in [6.07, 6.45) is 0.983. The zero-order chi connectivity index (χ0) is 22.9.